The van der Waals surface area contributed by atoms with Gasteiger partial charge in [-0.15, -0.1) is 0 Å². The van der Waals surface area contributed by atoms with Crippen molar-refractivity contribution >= 4 is 5.91 Å². The minimum absolute atomic E-state index is 0.0682. The monoisotopic (exact) mass is 376 g/mol. The van der Waals surface area contributed by atoms with Gasteiger partial charge in [-0.3, -0.25) is 9.69 Å². The van der Waals surface area contributed by atoms with Crippen molar-refractivity contribution in [1.82, 2.24) is 20.0 Å². The molecular weight excluding hydrogens is 348 g/mol. The van der Waals surface area contributed by atoms with Gasteiger partial charge in [0.05, 0.1) is 5.69 Å². The van der Waals surface area contributed by atoms with Crippen LogP contribution >= 0.6 is 0 Å². The molecule has 0 aliphatic carbocycles. The fraction of sp³-hybridized carbons (Fsp3) is 0.304. The normalized spacial score (nSPS) is 11.0. The van der Waals surface area contributed by atoms with Crippen LogP contribution in [0.3, 0.4) is 0 Å². The molecule has 1 N–H and O–H groups in total. The Morgan fingerprint density at radius 3 is 2.29 bits per heavy atom. The molecule has 2 aromatic carbocycles. The average molecular weight is 377 g/mol. The van der Waals surface area contributed by atoms with Crippen LogP contribution in [0.5, 0.6) is 0 Å². The van der Waals surface area contributed by atoms with Crippen LogP contribution < -0.4 is 5.32 Å². The second-order valence-corrected chi connectivity index (χ2v) is 6.84. The number of carbonyl (C=O) groups is 1. The van der Waals surface area contributed by atoms with Gasteiger partial charge in [-0.25, -0.2) is 4.68 Å². The predicted molar refractivity (Wildman–Crippen MR) is 113 cm³/mol. The number of amides is 1. The van der Waals surface area contributed by atoms with Gasteiger partial charge < -0.3 is 5.32 Å². The number of nitrogens with one attached hydrogen (secondary N) is 1. The molecule has 3 rings (SSSR count). The molecule has 1 amide bonds. The van der Waals surface area contributed by atoms with Gasteiger partial charge in [0.1, 0.15) is 0 Å². The number of nitrogens with zero attached hydrogens (tertiary/aromatic N) is 3. The standard InChI is InChI=1S/C23H28N4O/c1-4-26(5-2)17-21-9-7-6-8-20(21)16-24-23(28)19-10-12-22(13-11-19)27-18(3)14-15-25-27/h6-15H,4-5,16-17H2,1-3H3,(H,24,28). The molecule has 0 bridgehead atoms. The van der Waals surface area contributed by atoms with E-state index in [2.05, 4.69) is 47.4 Å². The Balaban J connectivity index is 1.65. The molecule has 0 atom stereocenters. The number of hydrogen-bond acceptors (Lipinski definition) is 3. The van der Waals surface area contributed by atoms with Crippen molar-refractivity contribution in [1.29, 1.82) is 0 Å². The number of rotatable bonds is 8. The number of hydrogen-bond donors (Lipinski definition) is 1. The molecule has 0 aliphatic heterocycles. The molecule has 0 spiro atoms. The fourth-order valence-electron chi connectivity index (χ4n) is 3.24. The van der Waals surface area contributed by atoms with Crippen LogP contribution in [0.2, 0.25) is 0 Å². The quantitative estimate of drug-likeness (QED) is 0.648. The highest BCUT2D eigenvalue weighted by Crippen LogP contribution is 2.14. The lowest BCUT2D eigenvalue weighted by Crippen LogP contribution is -2.26. The molecule has 1 heterocycles. The minimum Gasteiger partial charge on any atom is -0.348 e. The van der Waals surface area contributed by atoms with Gasteiger partial charge in [0, 0.05) is 30.5 Å². The van der Waals surface area contributed by atoms with Gasteiger partial charge in [0.2, 0.25) is 0 Å². The minimum atomic E-state index is -0.0682. The zero-order valence-electron chi connectivity index (χ0n) is 16.9. The van der Waals surface area contributed by atoms with E-state index in [1.165, 1.54) is 5.56 Å². The fourth-order valence-corrected chi connectivity index (χ4v) is 3.24. The summed E-state index contributed by atoms with van der Waals surface area (Å²) in [5.74, 6) is -0.0682. The summed E-state index contributed by atoms with van der Waals surface area (Å²) in [5, 5.41) is 7.35. The van der Waals surface area contributed by atoms with Crippen molar-refractivity contribution in [3.8, 4) is 5.69 Å². The summed E-state index contributed by atoms with van der Waals surface area (Å²) in [6, 6.07) is 17.8. The summed E-state index contributed by atoms with van der Waals surface area (Å²) in [6.07, 6.45) is 1.77. The van der Waals surface area contributed by atoms with E-state index in [1.807, 2.05) is 48.0 Å². The van der Waals surface area contributed by atoms with E-state index < -0.39 is 0 Å². The maximum Gasteiger partial charge on any atom is 0.251 e. The Labute approximate surface area is 167 Å². The van der Waals surface area contributed by atoms with E-state index in [-0.39, 0.29) is 5.91 Å². The average Bonchev–Trinajstić information content (AvgIpc) is 3.17. The molecular formula is C23H28N4O. The zero-order valence-corrected chi connectivity index (χ0v) is 16.9. The van der Waals surface area contributed by atoms with Gasteiger partial charge in [-0.1, -0.05) is 38.1 Å². The summed E-state index contributed by atoms with van der Waals surface area (Å²) >= 11 is 0. The van der Waals surface area contributed by atoms with Crippen molar-refractivity contribution in [2.24, 2.45) is 0 Å². The predicted octanol–water partition coefficient (Wildman–Crippen LogP) is 3.95. The first-order valence-corrected chi connectivity index (χ1v) is 9.80. The van der Waals surface area contributed by atoms with Crippen LogP contribution in [0.1, 0.15) is 41.0 Å². The van der Waals surface area contributed by atoms with Crippen molar-refractivity contribution < 1.29 is 4.79 Å². The van der Waals surface area contributed by atoms with Crippen molar-refractivity contribution in [2.45, 2.75) is 33.9 Å². The molecule has 146 valence electrons. The van der Waals surface area contributed by atoms with Crippen molar-refractivity contribution in [3.63, 3.8) is 0 Å². The Kier molecular flexibility index (Phi) is 6.61. The van der Waals surface area contributed by atoms with Crippen LogP contribution in [0, 0.1) is 6.92 Å². The first-order chi connectivity index (χ1) is 13.6. The molecule has 5 heteroatoms. The Morgan fingerprint density at radius 2 is 1.68 bits per heavy atom. The summed E-state index contributed by atoms with van der Waals surface area (Å²) in [7, 11) is 0. The lowest BCUT2D eigenvalue weighted by Gasteiger charge is -2.20. The van der Waals surface area contributed by atoms with E-state index >= 15 is 0 Å². The van der Waals surface area contributed by atoms with Crippen molar-refractivity contribution in [2.75, 3.05) is 13.1 Å². The van der Waals surface area contributed by atoms with Crippen LogP contribution in [0.15, 0.2) is 60.8 Å². The van der Waals surface area contributed by atoms with E-state index in [9.17, 15) is 4.79 Å². The highest BCUT2D eigenvalue weighted by molar-refractivity contribution is 5.94. The molecule has 0 saturated heterocycles. The van der Waals surface area contributed by atoms with E-state index in [0.29, 0.717) is 12.1 Å². The van der Waals surface area contributed by atoms with Gasteiger partial charge >= 0.3 is 0 Å². The molecule has 28 heavy (non-hydrogen) atoms. The van der Waals surface area contributed by atoms with Gasteiger partial charge in [-0.05, 0) is 61.5 Å². The molecule has 0 aliphatic rings. The lowest BCUT2D eigenvalue weighted by molar-refractivity contribution is 0.0950. The molecule has 3 aromatic rings. The Hall–Kier alpha value is -2.92. The summed E-state index contributed by atoms with van der Waals surface area (Å²) in [4.78, 5) is 15.0. The van der Waals surface area contributed by atoms with Gasteiger partial charge in [-0.2, -0.15) is 5.10 Å². The smallest absolute Gasteiger partial charge is 0.251 e. The van der Waals surface area contributed by atoms with Gasteiger partial charge in [0.25, 0.3) is 5.91 Å². The second-order valence-electron chi connectivity index (χ2n) is 6.84. The highest BCUT2D eigenvalue weighted by atomic mass is 16.1. The number of carbonyl (C=O) groups excluding carboxylic acids is 1. The molecule has 0 saturated carbocycles. The van der Waals surface area contributed by atoms with Crippen LogP contribution in [0.25, 0.3) is 5.69 Å². The topological polar surface area (TPSA) is 50.2 Å². The van der Waals surface area contributed by atoms with E-state index in [1.54, 1.807) is 6.20 Å². The summed E-state index contributed by atoms with van der Waals surface area (Å²) < 4.78 is 1.85. The number of aromatic nitrogens is 2. The maximum absolute atomic E-state index is 12.6. The number of aryl methyl sites for hydroxylation is 1. The highest BCUT2D eigenvalue weighted by Gasteiger charge is 2.10. The van der Waals surface area contributed by atoms with Crippen LogP contribution in [0.4, 0.5) is 0 Å². The Bertz CT molecular complexity index is 910. The van der Waals surface area contributed by atoms with Crippen LogP contribution in [-0.2, 0) is 13.1 Å². The third kappa shape index (κ3) is 4.67. The second kappa shape index (κ2) is 9.33. The zero-order chi connectivity index (χ0) is 19.9. The van der Waals surface area contributed by atoms with E-state index in [0.717, 1.165) is 36.6 Å². The van der Waals surface area contributed by atoms with Crippen LogP contribution in [-0.4, -0.2) is 33.7 Å². The third-order valence-corrected chi connectivity index (χ3v) is 5.05. The molecule has 1 aromatic heterocycles. The number of benzene rings is 2. The molecule has 0 fully saturated rings. The van der Waals surface area contributed by atoms with Crippen molar-refractivity contribution in [3.05, 3.63) is 83.2 Å². The summed E-state index contributed by atoms with van der Waals surface area (Å²) in [6.45, 7) is 9.79. The summed E-state index contributed by atoms with van der Waals surface area (Å²) in [5.41, 5.74) is 5.07. The first kappa shape index (κ1) is 19.8. The third-order valence-electron chi connectivity index (χ3n) is 5.05. The first-order valence-electron chi connectivity index (χ1n) is 9.80. The maximum atomic E-state index is 12.6. The molecule has 0 unspecified atom stereocenters. The molecule has 0 radical (unpaired) electrons. The van der Waals surface area contributed by atoms with E-state index in [4.69, 9.17) is 0 Å². The van der Waals surface area contributed by atoms with Gasteiger partial charge in [0.15, 0.2) is 0 Å². The SMILES string of the molecule is CCN(CC)Cc1ccccc1CNC(=O)c1ccc(-n2nccc2C)cc1. The Morgan fingerprint density at radius 1 is 1.00 bits per heavy atom. The molecule has 5 nitrogen and oxygen atoms in total. The largest absolute Gasteiger partial charge is 0.348 e. The lowest BCUT2D eigenvalue weighted by atomic mass is 10.1.